The molecule has 0 unspecified atom stereocenters. The third kappa shape index (κ3) is 4.24. The lowest BCUT2D eigenvalue weighted by Gasteiger charge is -2.20. The van der Waals surface area contributed by atoms with E-state index in [2.05, 4.69) is 5.32 Å². The number of anilines is 1. The average molecular weight is 258 g/mol. The van der Waals surface area contributed by atoms with Crippen molar-refractivity contribution in [2.75, 3.05) is 5.32 Å². The number of hydrogen-bond acceptors (Lipinski definition) is 3. The van der Waals surface area contributed by atoms with Crippen LogP contribution in [0.15, 0.2) is 18.2 Å². The van der Waals surface area contributed by atoms with Crippen LogP contribution in [0.1, 0.15) is 26.3 Å². The van der Waals surface area contributed by atoms with Gasteiger partial charge in [-0.15, -0.1) is 0 Å². The maximum absolute atomic E-state index is 11.5. The first-order chi connectivity index (χ1) is 7.83. The van der Waals surface area contributed by atoms with Gasteiger partial charge in [-0.3, -0.25) is 5.32 Å². The van der Waals surface area contributed by atoms with E-state index in [1.165, 1.54) is 0 Å². The van der Waals surface area contributed by atoms with Crippen molar-refractivity contribution < 1.29 is 14.6 Å². The minimum absolute atomic E-state index is 0.245. The summed E-state index contributed by atoms with van der Waals surface area (Å²) in [6, 6.07) is 4.99. The highest BCUT2D eigenvalue weighted by Crippen LogP contribution is 2.24. The van der Waals surface area contributed by atoms with Gasteiger partial charge in [0.15, 0.2) is 0 Å². The molecule has 0 aliphatic carbocycles. The van der Waals surface area contributed by atoms with Gasteiger partial charge < -0.3 is 9.84 Å². The summed E-state index contributed by atoms with van der Waals surface area (Å²) >= 11 is 5.89. The van der Waals surface area contributed by atoms with Crippen LogP contribution in [0.5, 0.6) is 0 Å². The van der Waals surface area contributed by atoms with Crippen LogP contribution < -0.4 is 5.32 Å². The van der Waals surface area contributed by atoms with Gasteiger partial charge in [0, 0.05) is 10.6 Å². The molecule has 0 aliphatic rings. The zero-order chi connectivity index (χ0) is 13.1. The lowest BCUT2D eigenvalue weighted by molar-refractivity contribution is 0.0635. The van der Waals surface area contributed by atoms with Crippen LogP contribution in [0.4, 0.5) is 10.5 Å². The van der Waals surface area contributed by atoms with Crippen molar-refractivity contribution >= 4 is 23.4 Å². The minimum Gasteiger partial charge on any atom is -0.444 e. The number of hydrogen-bond donors (Lipinski definition) is 2. The number of halogens is 1. The molecule has 0 radical (unpaired) electrons. The second kappa shape index (κ2) is 5.38. The summed E-state index contributed by atoms with van der Waals surface area (Å²) in [6.07, 6.45) is -0.575. The highest BCUT2D eigenvalue weighted by Gasteiger charge is 2.17. The standard InChI is InChI=1S/C12H16ClNO3/c1-12(2,3)17-11(16)14-10-6-4-5-9(13)8(10)7-15/h4-6,15H,7H2,1-3H3,(H,14,16). The molecule has 4 nitrogen and oxygen atoms in total. The van der Waals surface area contributed by atoms with Crippen molar-refractivity contribution in [3.63, 3.8) is 0 Å². The van der Waals surface area contributed by atoms with E-state index < -0.39 is 11.7 Å². The largest absolute Gasteiger partial charge is 0.444 e. The predicted octanol–water partition coefficient (Wildman–Crippen LogP) is 3.18. The predicted molar refractivity (Wildman–Crippen MR) is 67.2 cm³/mol. The van der Waals surface area contributed by atoms with Gasteiger partial charge in [0.25, 0.3) is 0 Å². The third-order valence-corrected chi connectivity index (χ3v) is 2.27. The number of carbonyl (C=O) groups excluding carboxylic acids is 1. The van der Waals surface area contributed by atoms with Crippen molar-refractivity contribution in [3.05, 3.63) is 28.8 Å². The Balaban J connectivity index is 2.82. The van der Waals surface area contributed by atoms with Crippen LogP contribution in [0.25, 0.3) is 0 Å². The molecular weight excluding hydrogens is 242 g/mol. The smallest absolute Gasteiger partial charge is 0.412 e. The van der Waals surface area contributed by atoms with Crippen LogP contribution in [0.2, 0.25) is 5.02 Å². The van der Waals surface area contributed by atoms with E-state index >= 15 is 0 Å². The van der Waals surface area contributed by atoms with E-state index in [1.807, 2.05) is 0 Å². The Morgan fingerprint density at radius 2 is 2.12 bits per heavy atom. The summed E-state index contributed by atoms with van der Waals surface area (Å²) < 4.78 is 5.11. The summed E-state index contributed by atoms with van der Waals surface area (Å²) in [4.78, 5) is 11.5. The number of carbonyl (C=O) groups is 1. The van der Waals surface area contributed by atoms with Gasteiger partial charge in [0.1, 0.15) is 5.60 Å². The van der Waals surface area contributed by atoms with E-state index in [9.17, 15) is 4.79 Å². The van der Waals surface area contributed by atoms with E-state index in [4.69, 9.17) is 21.4 Å². The third-order valence-electron chi connectivity index (χ3n) is 1.91. The van der Waals surface area contributed by atoms with Crippen LogP contribution in [-0.4, -0.2) is 16.8 Å². The summed E-state index contributed by atoms with van der Waals surface area (Å²) in [5, 5.41) is 12.1. The normalized spacial score (nSPS) is 11.1. The van der Waals surface area contributed by atoms with Gasteiger partial charge >= 0.3 is 6.09 Å². The molecule has 0 aliphatic heterocycles. The number of amides is 1. The molecule has 0 saturated carbocycles. The quantitative estimate of drug-likeness (QED) is 0.856. The summed E-state index contributed by atoms with van der Waals surface area (Å²) in [5.74, 6) is 0. The van der Waals surface area contributed by atoms with E-state index in [-0.39, 0.29) is 6.61 Å². The van der Waals surface area contributed by atoms with Crippen molar-refractivity contribution in [1.29, 1.82) is 0 Å². The molecule has 1 rings (SSSR count). The molecule has 1 amide bonds. The molecular formula is C12H16ClNO3. The van der Waals surface area contributed by atoms with Crippen molar-refractivity contribution in [2.24, 2.45) is 0 Å². The molecule has 17 heavy (non-hydrogen) atoms. The molecule has 0 saturated heterocycles. The monoisotopic (exact) mass is 257 g/mol. The molecule has 1 aromatic rings. The van der Waals surface area contributed by atoms with E-state index in [1.54, 1.807) is 39.0 Å². The fourth-order valence-corrected chi connectivity index (χ4v) is 1.48. The van der Waals surface area contributed by atoms with Crippen molar-refractivity contribution in [2.45, 2.75) is 33.0 Å². The van der Waals surface area contributed by atoms with Gasteiger partial charge in [-0.1, -0.05) is 17.7 Å². The Morgan fingerprint density at radius 3 is 2.65 bits per heavy atom. The number of aliphatic hydroxyl groups is 1. The summed E-state index contributed by atoms with van der Waals surface area (Å²) in [5.41, 5.74) is 0.358. The van der Waals surface area contributed by atoms with Gasteiger partial charge in [-0.05, 0) is 32.9 Å². The van der Waals surface area contributed by atoms with E-state index in [0.717, 1.165) is 0 Å². The van der Waals surface area contributed by atoms with Crippen molar-refractivity contribution in [3.8, 4) is 0 Å². The fourth-order valence-electron chi connectivity index (χ4n) is 1.25. The molecule has 0 bridgehead atoms. The second-order valence-electron chi connectivity index (χ2n) is 4.55. The summed E-state index contributed by atoms with van der Waals surface area (Å²) in [7, 11) is 0. The Bertz CT molecular complexity index is 413. The molecule has 0 spiro atoms. The van der Waals surface area contributed by atoms with E-state index in [0.29, 0.717) is 16.3 Å². The lowest BCUT2D eigenvalue weighted by atomic mass is 10.2. The van der Waals surface area contributed by atoms with Gasteiger partial charge in [0.05, 0.1) is 12.3 Å². The molecule has 94 valence electrons. The number of rotatable bonds is 2. The molecule has 0 atom stereocenters. The van der Waals surface area contributed by atoms with Crippen LogP contribution in [-0.2, 0) is 11.3 Å². The first kappa shape index (κ1) is 13.8. The SMILES string of the molecule is CC(C)(C)OC(=O)Nc1cccc(Cl)c1CO. The summed E-state index contributed by atoms with van der Waals surface area (Å²) in [6.45, 7) is 5.08. The zero-order valence-corrected chi connectivity index (χ0v) is 10.8. The maximum atomic E-state index is 11.5. The Morgan fingerprint density at radius 1 is 1.47 bits per heavy atom. The highest BCUT2D eigenvalue weighted by molar-refractivity contribution is 6.31. The topological polar surface area (TPSA) is 58.6 Å². The lowest BCUT2D eigenvalue weighted by Crippen LogP contribution is -2.27. The minimum atomic E-state index is -0.575. The Labute approximate surface area is 106 Å². The average Bonchev–Trinajstić information content (AvgIpc) is 2.14. The van der Waals surface area contributed by atoms with Crippen LogP contribution in [0, 0.1) is 0 Å². The zero-order valence-electron chi connectivity index (χ0n) is 10.1. The van der Waals surface area contributed by atoms with Gasteiger partial charge in [-0.2, -0.15) is 0 Å². The maximum Gasteiger partial charge on any atom is 0.412 e. The molecule has 5 heteroatoms. The molecule has 0 heterocycles. The first-order valence-corrected chi connectivity index (χ1v) is 5.59. The highest BCUT2D eigenvalue weighted by atomic mass is 35.5. The Kier molecular flexibility index (Phi) is 4.37. The Hall–Kier alpha value is -1.26. The number of aliphatic hydroxyl groups excluding tert-OH is 1. The molecule has 0 fully saturated rings. The van der Waals surface area contributed by atoms with Crippen molar-refractivity contribution in [1.82, 2.24) is 0 Å². The van der Waals surface area contributed by atoms with Crippen LogP contribution in [0.3, 0.4) is 0 Å². The molecule has 0 aromatic heterocycles. The number of nitrogens with one attached hydrogen (secondary N) is 1. The number of ether oxygens (including phenoxy) is 1. The van der Waals surface area contributed by atoms with Crippen LogP contribution >= 0.6 is 11.6 Å². The van der Waals surface area contributed by atoms with Gasteiger partial charge in [0.2, 0.25) is 0 Å². The molecule has 1 aromatic carbocycles. The first-order valence-electron chi connectivity index (χ1n) is 5.22. The molecule has 2 N–H and O–H groups in total. The fraction of sp³-hybridized carbons (Fsp3) is 0.417. The second-order valence-corrected chi connectivity index (χ2v) is 4.96. The van der Waals surface area contributed by atoms with Gasteiger partial charge in [-0.25, -0.2) is 4.79 Å². The number of benzene rings is 1.